The van der Waals surface area contributed by atoms with Gasteiger partial charge < -0.3 is 14.5 Å². The summed E-state index contributed by atoms with van der Waals surface area (Å²) in [6, 6.07) is 35.0. The molecule has 0 bridgehead atoms. The molecule has 3 heteroatoms. The Balaban J connectivity index is 1.27. The molecule has 1 fully saturated rings. The maximum atomic E-state index is 6.08. The molecule has 0 unspecified atom stereocenters. The number of likely N-dealkylation sites (tertiary alicyclic amines) is 1. The molecule has 0 N–H and O–H groups in total. The molecular weight excluding hydrogens is 464 g/mol. The van der Waals surface area contributed by atoms with Gasteiger partial charge in [-0.1, -0.05) is 84.9 Å². The highest BCUT2D eigenvalue weighted by Gasteiger charge is 2.16. The molecule has 0 spiro atoms. The van der Waals surface area contributed by atoms with Crippen molar-refractivity contribution in [3.63, 3.8) is 0 Å². The van der Waals surface area contributed by atoms with Crippen LogP contribution in [0.4, 0.5) is 0 Å². The molecule has 196 valence electrons. The highest BCUT2D eigenvalue weighted by molar-refractivity contribution is 5.85. The van der Waals surface area contributed by atoms with E-state index in [9.17, 15) is 0 Å². The Labute approximate surface area is 228 Å². The summed E-state index contributed by atoms with van der Waals surface area (Å²) in [6.07, 6.45) is 3.74. The van der Waals surface area contributed by atoms with Crippen LogP contribution in [0.5, 0.6) is 5.75 Å². The monoisotopic (exact) mass is 504 g/mol. The number of ether oxygens (including phenoxy) is 1. The molecule has 0 radical (unpaired) electrons. The molecule has 1 aliphatic rings. The Morgan fingerprint density at radius 2 is 1.24 bits per heavy atom. The maximum Gasteiger partial charge on any atom is 0.119 e. The van der Waals surface area contributed by atoms with Crippen molar-refractivity contribution in [3.8, 4) is 39.1 Å². The smallest absolute Gasteiger partial charge is 0.119 e. The number of rotatable bonds is 9. The zero-order chi connectivity index (χ0) is 26.3. The van der Waals surface area contributed by atoms with Crippen LogP contribution in [0.3, 0.4) is 0 Å². The van der Waals surface area contributed by atoms with E-state index in [0.717, 1.165) is 31.2 Å². The van der Waals surface area contributed by atoms with Crippen molar-refractivity contribution in [1.82, 2.24) is 9.80 Å². The summed E-state index contributed by atoms with van der Waals surface area (Å²) in [6.45, 7) is 4.15. The molecular formula is C35H40N2O. The van der Waals surface area contributed by atoms with Gasteiger partial charge in [0.2, 0.25) is 0 Å². The van der Waals surface area contributed by atoms with Crippen molar-refractivity contribution in [2.75, 3.05) is 40.8 Å². The van der Waals surface area contributed by atoms with Crippen LogP contribution < -0.4 is 4.74 Å². The zero-order valence-electron chi connectivity index (χ0n) is 23.1. The standard InChI is InChI=1S/C35H40N2O/c1-36(2)26-31-8-4-5-10-34(31)35-11-7-6-9-33(35)30-14-12-28(13-15-30)29-16-18-32(19-17-29)38-25-22-27-20-23-37(3)24-21-27/h4-19,27H,20-26H2,1-3H3. The third kappa shape index (κ3) is 6.53. The van der Waals surface area contributed by atoms with Crippen molar-refractivity contribution < 1.29 is 4.74 Å². The first-order valence-corrected chi connectivity index (χ1v) is 13.9. The lowest BCUT2D eigenvalue weighted by Gasteiger charge is -2.28. The Morgan fingerprint density at radius 3 is 1.89 bits per heavy atom. The molecule has 0 saturated carbocycles. The summed E-state index contributed by atoms with van der Waals surface area (Å²) < 4.78 is 6.08. The average molecular weight is 505 g/mol. The fourth-order valence-corrected chi connectivity index (χ4v) is 5.51. The van der Waals surface area contributed by atoms with Gasteiger partial charge in [-0.2, -0.15) is 0 Å². The van der Waals surface area contributed by atoms with Crippen LogP contribution in [0.15, 0.2) is 97.1 Å². The molecule has 1 saturated heterocycles. The summed E-state index contributed by atoms with van der Waals surface area (Å²) in [5, 5.41) is 0. The molecule has 1 aliphatic heterocycles. The van der Waals surface area contributed by atoms with E-state index in [4.69, 9.17) is 4.74 Å². The van der Waals surface area contributed by atoms with Gasteiger partial charge in [0.25, 0.3) is 0 Å². The Bertz CT molecular complexity index is 1300. The van der Waals surface area contributed by atoms with Crippen LogP contribution in [0.2, 0.25) is 0 Å². The van der Waals surface area contributed by atoms with Gasteiger partial charge in [-0.15, -0.1) is 0 Å². The van der Waals surface area contributed by atoms with Gasteiger partial charge in [0.1, 0.15) is 5.75 Å². The van der Waals surface area contributed by atoms with Crippen LogP contribution in [-0.2, 0) is 6.54 Å². The Morgan fingerprint density at radius 1 is 0.684 bits per heavy atom. The first-order valence-electron chi connectivity index (χ1n) is 13.9. The van der Waals surface area contributed by atoms with Crippen molar-refractivity contribution in [2.24, 2.45) is 5.92 Å². The molecule has 0 aliphatic carbocycles. The van der Waals surface area contributed by atoms with Gasteiger partial charge in [-0.25, -0.2) is 0 Å². The predicted octanol–water partition coefficient (Wildman–Crippen LogP) is 7.86. The number of hydrogen-bond acceptors (Lipinski definition) is 3. The topological polar surface area (TPSA) is 15.7 Å². The van der Waals surface area contributed by atoms with E-state index in [0.29, 0.717) is 0 Å². The summed E-state index contributed by atoms with van der Waals surface area (Å²) in [5.74, 6) is 1.76. The lowest BCUT2D eigenvalue weighted by Crippen LogP contribution is -2.30. The quantitative estimate of drug-likeness (QED) is 0.231. The summed E-state index contributed by atoms with van der Waals surface area (Å²) in [5.41, 5.74) is 8.85. The minimum Gasteiger partial charge on any atom is -0.494 e. The third-order valence-electron chi connectivity index (χ3n) is 7.74. The summed E-state index contributed by atoms with van der Waals surface area (Å²) >= 11 is 0. The van der Waals surface area contributed by atoms with Crippen LogP contribution >= 0.6 is 0 Å². The van der Waals surface area contributed by atoms with Crippen LogP contribution in [0.1, 0.15) is 24.8 Å². The number of nitrogens with zero attached hydrogens (tertiary/aromatic N) is 2. The molecule has 0 atom stereocenters. The van der Waals surface area contributed by atoms with Gasteiger partial charge >= 0.3 is 0 Å². The van der Waals surface area contributed by atoms with E-state index in [-0.39, 0.29) is 0 Å². The normalized spacial score (nSPS) is 14.6. The number of benzene rings is 4. The second kappa shape index (κ2) is 12.4. The van der Waals surface area contributed by atoms with E-state index in [1.807, 2.05) is 0 Å². The first kappa shape index (κ1) is 26.2. The Hall–Kier alpha value is -3.40. The highest BCUT2D eigenvalue weighted by atomic mass is 16.5. The first-order chi connectivity index (χ1) is 18.6. The minimum absolute atomic E-state index is 0.801. The van der Waals surface area contributed by atoms with Gasteiger partial charge in [0.05, 0.1) is 6.61 Å². The summed E-state index contributed by atoms with van der Waals surface area (Å²) in [4.78, 5) is 4.65. The van der Waals surface area contributed by atoms with E-state index < -0.39 is 0 Å². The minimum atomic E-state index is 0.801. The molecule has 3 nitrogen and oxygen atoms in total. The van der Waals surface area contributed by atoms with Crippen molar-refractivity contribution in [3.05, 3.63) is 103 Å². The number of piperidine rings is 1. The van der Waals surface area contributed by atoms with E-state index >= 15 is 0 Å². The largest absolute Gasteiger partial charge is 0.494 e. The van der Waals surface area contributed by atoms with Crippen LogP contribution in [-0.4, -0.2) is 50.6 Å². The van der Waals surface area contributed by atoms with Crippen molar-refractivity contribution in [1.29, 1.82) is 0 Å². The van der Waals surface area contributed by atoms with Gasteiger partial charge in [0.15, 0.2) is 0 Å². The second-order valence-electron chi connectivity index (χ2n) is 10.9. The Kier molecular flexibility index (Phi) is 8.58. The van der Waals surface area contributed by atoms with Crippen LogP contribution in [0, 0.1) is 5.92 Å². The van der Waals surface area contributed by atoms with E-state index in [1.54, 1.807) is 0 Å². The van der Waals surface area contributed by atoms with Crippen LogP contribution in [0.25, 0.3) is 33.4 Å². The maximum absolute atomic E-state index is 6.08. The van der Waals surface area contributed by atoms with E-state index in [1.165, 1.54) is 64.9 Å². The highest BCUT2D eigenvalue weighted by Crippen LogP contribution is 2.35. The molecule has 38 heavy (non-hydrogen) atoms. The van der Waals surface area contributed by atoms with Gasteiger partial charge in [-0.05, 0) is 110 Å². The lowest BCUT2D eigenvalue weighted by molar-refractivity contribution is 0.187. The second-order valence-corrected chi connectivity index (χ2v) is 10.9. The molecule has 0 aromatic heterocycles. The fourth-order valence-electron chi connectivity index (χ4n) is 5.51. The molecule has 4 aromatic rings. The summed E-state index contributed by atoms with van der Waals surface area (Å²) in [7, 11) is 6.46. The fraction of sp³-hybridized carbons (Fsp3) is 0.314. The molecule has 5 rings (SSSR count). The van der Waals surface area contributed by atoms with Crippen molar-refractivity contribution >= 4 is 0 Å². The number of hydrogen-bond donors (Lipinski definition) is 0. The molecule has 4 aromatic carbocycles. The molecule has 1 heterocycles. The third-order valence-corrected chi connectivity index (χ3v) is 7.74. The van der Waals surface area contributed by atoms with Crippen molar-refractivity contribution in [2.45, 2.75) is 25.8 Å². The average Bonchev–Trinajstić information content (AvgIpc) is 2.95. The van der Waals surface area contributed by atoms with E-state index in [2.05, 4.69) is 128 Å². The van der Waals surface area contributed by atoms with Gasteiger partial charge in [0, 0.05) is 6.54 Å². The predicted molar refractivity (Wildman–Crippen MR) is 160 cm³/mol. The van der Waals surface area contributed by atoms with Gasteiger partial charge in [-0.3, -0.25) is 0 Å². The lowest BCUT2D eigenvalue weighted by atomic mass is 9.91. The zero-order valence-corrected chi connectivity index (χ0v) is 23.1. The molecule has 0 amide bonds. The SMILES string of the molecule is CN(C)Cc1ccccc1-c1ccccc1-c1ccc(-c2ccc(OCCC3CCN(C)CC3)cc2)cc1.